The molecule has 0 fully saturated rings. The number of hydrazone groups is 1. The molecule has 0 aliphatic rings. The largest absolute Gasteiger partial charge is 0.450 e. The molecule has 0 bridgehead atoms. The summed E-state index contributed by atoms with van der Waals surface area (Å²) in [5, 5.41) is 28.3. The van der Waals surface area contributed by atoms with Gasteiger partial charge in [-0.1, -0.05) is 29.3 Å². The van der Waals surface area contributed by atoms with Crippen LogP contribution in [0.4, 0.5) is 17.1 Å². The van der Waals surface area contributed by atoms with Gasteiger partial charge in [-0.25, -0.2) is 5.43 Å². The fourth-order valence-corrected chi connectivity index (χ4v) is 2.94. The number of non-ortho nitro benzene ring substituents is 1. The van der Waals surface area contributed by atoms with Crippen LogP contribution in [0.3, 0.4) is 0 Å². The van der Waals surface area contributed by atoms with Gasteiger partial charge in [0.1, 0.15) is 5.75 Å². The number of halogens is 2. The van der Waals surface area contributed by atoms with Crippen molar-refractivity contribution in [3.8, 4) is 11.5 Å². The van der Waals surface area contributed by atoms with Crippen molar-refractivity contribution in [1.29, 1.82) is 0 Å². The van der Waals surface area contributed by atoms with Crippen LogP contribution in [0, 0.1) is 20.2 Å². The molecule has 3 aromatic rings. The third-order valence-electron chi connectivity index (χ3n) is 4.24. The number of nitrogens with zero attached hydrogens (tertiary/aromatic N) is 3. The lowest BCUT2D eigenvalue weighted by molar-refractivity contribution is -0.394. The Hall–Kier alpha value is -4.55. The number of anilines is 1. The van der Waals surface area contributed by atoms with Crippen LogP contribution in [0.1, 0.15) is 5.56 Å². The van der Waals surface area contributed by atoms with Crippen molar-refractivity contribution in [2.45, 2.75) is 0 Å². The minimum absolute atomic E-state index is 0.0835. The molecule has 14 heteroatoms. The highest BCUT2D eigenvalue weighted by molar-refractivity contribution is 6.45. The molecule has 0 saturated carbocycles. The normalized spacial score (nSPS) is 10.6. The summed E-state index contributed by atoms with van der Waals surface area (Å²) in [6.45, 7) is 0. The molecular formula is C21H13Cl2N5O7. The second kappa shape index (κ2) is 11.0. The zero-order valence-corrected chi connectivity index (χ0v) is 18.8. The SMILES string of the molecule is O=C(N/N=C/c1ccc(Oc2ccc([N+](=O)[O-])cc2[N+](=O)[O-])cc1)C(=O)Nc1cccc(Cl)c1Cl. The van der Waals surface area contributed by atoms with Gasteiger partial charge >= 0.3 is 17.5 Å². The second-order valence-corrected chi connectivity index (χ2v) is 7.38. The molecular weight excluding hydrogens is 505 g/mol. The van der Waals surface area contributed by atoms with Crippen LogP contribution in [-0.4, -0.2) is 27.9 Å². The maximum atomic E-state index is 12.0. The van der Waals surface area contributed by atoms with Crippen molar-refractivity contribution in [3.63, 3.8) is 0 Å². The molecule has 0 aromatic heterocycles. The monoisotopic (exact) mass is 517 g/mol. The summed E-state index contributed by atoms with van der Waals surface area (Å²) in [7, 11) is 0. The first-order chi connectivity index (χ1) is 16.7. The quantitative estimate of drug-likeness (QED) is 0.198. The predicted molar refractivity (Wildman–Crippen MR) is 127 cm³/mol. The number of carbonyl (C=O) groups is 2. The van der Waals surface area contributed by atoms with Crippen molar-refractivity contribution in [2.75, 3.05) is 5.32 Å². The average molecular weight is 518 g/mol. The molecule has 12 nitrogen and oxygen atoms in total. The molecule has 0 unspecified atom stereocenters. The summed E-state index contributed by atoms with van der Waals surface area (Å²) in [4.78, 5) is 44.4. The first kappa shape index (κ1) is 25.1. The van der Waals surface area contributed by atoms with Crippen LogP contribution in [0.25, 0.3) is 0 Å². The van der Waals surface area contributed by atoms with E-state index in [-0.39, 0.29) is 27.2 Å². The van der Waals surface area contributed by atoms with Gasteiger partial charge in [-0.3, -0.25) is 29.8 Å². The Morgan fingerprint density at radius 3 is 2.31 bits per heavy atom. The molecule has 2 amide bonds. The van der Waals surface area contributed by atoms with Gasteiger partial charge in [-0.05, 0) is 48.0 Å². The molecule has 0 heterocycles. The average Bonchev–Trinajstić information content (AvgIpc) is 2.83. The number of hydrogen-bond acceptors (Lipinski definition) is 8. The number of nitro benzene ring substituents is 2. The first-order valence-corrected chi connectivity index (χ1v) is 10.2. The Morgan fingerprint density at radius 2 is 1.66 bits per heavy atom. The topological polar surface area (TPSA) is 166 Å². The Labute approximate surface area is 206 Å². The highest BCUT2D eigenvalue weighted by atomic mass is 35.5. The minimum atomic E-state index is -1.05. The molecule has 35 heavy (non-hydrogen) atoms. The molecule has 0 aliphatic carbocycles. The summed E-state index contributed by atoms with van der Waals surface area (Å²) in [5.41, 5.74) is 1.70. The third-order valence-corrected chi connectivity index (χ3v) is 5.06. The fourth-order valence-electron chi connectivity index (χ4n) is 2.59. The zero-order valence-electron chi connectivity index (χ0n) is 17.3. The van der Waals surface area contributed by atoms with Gasteiger partial charge in [0, 0.05) is 6.07 Å². The van der Waals surface area contributed by atoms with E-state index in [9.17, 15) is 29.8 Å². The van der Waals surface area contributed by atoms with Crippen LogP contribution in [0.5, 0.6) is 11.5 Å². The van der Waals surface area contributed by atoms with Crippen LogP contribution in [-0.2, 0) is 9.59 Å². The summed E-state index contributed by atoms with van der Waals surface area (Å²) < 4.78 is 5.46. The number of carbonyl (C=O) groups excluding carboxylic acids is 2. The van der Waals surface area contributed by atoms with Gasteiger partial charge in [-0.2, -0.15) is 5.10 Å². The standard InChI is InChI=1S/C21H13Cl2N5O7/c22-15-2-1-3-16(19(15)23)25-20(29)21(30)26-24-11-12-4-7-14(8-5-12)35-18-9-6-13(27(31)32)10-17(18)28(33)34/h1-11H,(H,25,29)(H,26,30)/b24-11+. The van der Waals surface area contributed by atoms with Crippen LogP contribution >= 0.6 is 23.2 Å². The maximum absolute atomic E-state index is 12.0. The van der Waals surface area contributed by atoms with Crippen molar-refractivity contribution >= 4 is 58.3 Å². The molecule has 0 radical (unpaired) electrons. The summed E-state index contributed by atoms with van der Waals surface area (Å²) in [6, 6.07) is 13.5. The maximum Gasteiger partial charge on any atom is 0.329 e. The molecule has 0 spiro atoms. The van der Waals surface area contributed by atoms with Crippen LogP contribution in [0.2, 0.25) is 10.0 Å². The molecule has 2 N–H and O–H groups in total. The lowest BCUT2D eigenvalue weighted by atomic mass is 10.2. The van der Waals surface area contributed by atoms with Gasteiger partial charge in [0.2, 0.25) is 5.75 Å². The third kappa shape index (κ3) is 6.50. The van der Waals surface area contributed by atoms with Crippen molar-refractivity contribution in [1.82, 2.24) is 5.43 Å². The van der Waals surface area contributed by atoms with Crippen LogP contribution in [0.15, 0.2) is 65.8 Å². The Kier molecular flexibility index (Phi) is 7.92. The Balaban J connectivity index is 1.60. The number of amides is 2. The molecule has 0 saturated heterocycles. The van der Waals surface area contributed by atoms with E-state index in [0.717, 1.165) is 18.2 Å². The van der Waals surface area contributed by atoms with Gasteiger partial charge in [0.15, 0.2) is 0 Å². The molecule has 3 aromatic carbocycles. The Morgan fingerprint density at radius 1 is 0.943 bits per heavy atom. The van der Waals surface area contributed by atoms with E-state index in [1.54, 1.807) is 6.07 Å². The predicted octanol–water partition coefficient (Wildman–Crippen LogP) is 4.69. The number of benzene rings is 3. The number of nitro groups is 2. The summed E-state index contributed by atoms with van der Waals surface area (Å²) in [5.74, 6) is -2.04. The number of ether oxygens (including phenoxy) is 1. The van der Waals surface area contributed by atoms with E-state index >= 15 is 0 Å². The lowest BCUT2D eigenvalue weighted by Crippen LogP contribution is -2.32. The van der Waals surface area contributed by atoms with Crippen LogP contribution < -0.4 is 15.5 Å². The van der Waals surface area contributed by atoms with Crippen molar-refractivity contribution in [3.05, 3.63) is 96.5 Å². The number of hydrogen-bond donors (Lipinski definition) is 2. The van der Waals surface area contributed by atoms with Gasteiger partial charge in [-0.15, -0.1) is 0 Å². The summed E-state index contributed by atoms with van der Waals surface area (Å²) in [6.07, 6.45) is 1.25. The van der Waals surface area contributed by atoms with E-state index in [1.807, 2.05) is 0 Å². The van der Waals surface area contributed by atoms with Gasteiger partial charge in [0.05, 0.1) is 37.9 Å². The fraction of sp³-hybridized carbons (Fsp3) is 0. The zero-order chi connectivity index (χ0) is 25.5. The number of nitrogens with one attached hydrogen (secondary N) is 2. The van der Waals surface area contributed by atoms with E-state index in [0.29, 0.717) is 5.56 Å². The lowest BCUT2D eigenvalue weighted by Gasteiger charge is -2.07. The second-order valence-electron chi connectivity index (χ2n) is 6.59. The van der Waals surface area contributed by atoms with E-state index in [4.69, 9.17) is 27.9 Å². The highest BCUT2D eigenvalue weighted by Gasteiger charge is 2.21. The summed E-state index contributed by atoms with van der Waals surface area (Å²) >= 11 is 11.8. The molecule has 3 rings (SSSR count). The van der Waals surface area contributed by atoms with E-state index in [2.05, 4.69) is 15.8 Å². The molecule has 0 atom stereocenters. The van der Waals surface area contributed by atoms with E-state index < -0.39 is 33.0 Å². The highest BCUT2D eigenvalue weighted by Crippen LogP contribution is 2.34. The van der Waals surface area contributed by atoms with Gasteiger partial charge in [0.25, 0.3) is 5.69 Å². The van der Waals surface area contributed by atoms with Gasteiger partial charge < -0.3 is 10.1 Å². The Bertz CT molecular complexity index is 1350. The molecule has 0 aliphatic heterocycles. The molecule has 178 valence electrons. The van der Waals surface area contributed by atoms with Crippen molar-refractivity contribution in [2.24, 2.45) is 5.10 Å². The van der Waals surface area contributed by atoms with Crippen molar-refractivity contribution < 1.29 is 24.2 Å². The number of rotatable bonds is 7. The van der Waals surface area contributed by atoms with E-state index in [1.165, 1.54) is 42.6 Å². The smallest absolute Gasteiger partial charge is 0.329 e. The minimum Gasteiger partial charge on any atom is -0.450 e. The first-order valence-electron chi connectivity index (χ1n) is 9.45.